The van der Waals surface area contributed by atoms with Crippen LogP contribution < -0.4 is 5.32 Å². The molecule has 5 rings (SSSR count). The molecule has 1 atom stereocenters. The molecule has 1 aliphatic rings. The first-order chi connectivity index (χ1) is 19.6. The summed E-state index contributed by atoms with van der Waals surface area (Å²) in [7, 11) is 0. The Morgan fingerprint density at radius 2 is 2.07 bits per heavy atom. The van der Waals surface area contributed by atoms with Crippen molar-refractivity contribution in [3.63, 3.8) is 0 Å². The second-order valence-corrected chi connectivity index (χ2v) is 11.1. The number of aryl methyl sites for hydroxylation is 1. The van der Waals surface area contributed by atoms with E-state index in [0.717, 1.165) is 30.4 Å². The third kappa shape index (κ3) is 6.27. The molecule has 0 radical (unpaired) electrons. The number of imidazole rings is 1. The number of carbonyl (C=O) groups excluding carboxylic acids is 1. The number of alkyl carbamates (subject to hydrolysis) is 1. The van der Waals surface area contributed by atoms with Crippen molar-refractivity contribution in [3.8, 4) is 28.4 Å². The minimum absolute atomic E-state index is 0.151. The normalized spacial score (nSPS) is 16.0. The molecule has 216 valence electrons. The Kier molecular flexibility index (Phi) is 8.12. The Labute approximate surface area is 238 Å². The largest absolute Gasteiger partial charge is 0.508 e. The number of H-pyrrole nitrogens is 1. The van der Waals surface area contributed by atoms with E-state index in [4.69, 9.17) is 14.6 Å². The van der Waals surface area contributed by atoms with Crippen LogP contribution >= 0.6 is 0 Å². The monoisotopic (exact) mass is 561 g/mol. The molecular formula is C31H36FN5O4. The molecule has 1 amide bonds. The van der Waals surface area contributed by atoms with Crippen molar-refractivity contribution in [3.05, 3.63) is 59.7 Å². The maximum atomic E-state index is 16.4. The highest BCUT2D eigenvalue weighted by Crippen LogP contribution is 2.38. The van der Waals surface area contributed by atoms with E-state index in [1.807, 2.05) is 33.8 Å². The van der Waals surface area contributed by atoms with Gasteiger partial charge in [-0.25, -0.2) is 18.9 Å². The van der Waals surface area contributed by atoms with Gasteiger partial charge in [-0.05, 0) is 81.9 Å². The van der Waals surface area contributed by atoms with Crippen molar-refractivity contribution >= 4 is 23.1 Å². The number of amides is 1. The Bertz CT molecular complexity index is 1580. The number of phenols is 1. The van der Waals surface area contributed by atoms with Gasteiger partial charge >= 0.3 is 6.09 Å². The lowest BCUT2D eigenvalue weighted by Crippen LogP contribution is -2.32. The molecule has 0 saturated carbocycles. The van der Waals surface area contributed by atoms with Crippen LogP contribution in [0.4, 0.5) is 9.18 Å². The number of carbonyl (C=O) groups is 1. The van der Waals surface area contributed by atoms with E-state index >= 15 is 4.39 Å². The summed E-state index contributed by atoms with van der Waals surface area (Å²) in [5.74, 6) is 0.254. The Balaban J connectivity index is 1.49. The molecule has 0 bridgehead atoms. The van der Waals surface area contributed by atoms with Gasteiger partial charge in [-0.1, -0.05) is 25.1 Å². The maximum absolute atomic E-state index is 16.4. The summed E-state index contributed by atoms with van der Waals surface area (Å²) in [6.07, 6.45) is 7.70. The summed E-state index contributed by atoms with van der Waals surface area (Å²) < 4.78 is 29.3. The Morgan fingerprint density at radius 3 is 2.80 bits per heavy atom. The first-order valence-corrected chi connectivity index (χ1v) is 14.0. The number of rotatable bonds is 7. The summed E-state index contributed by atoms with van der Waals surface area (Å²) in [6, 6.07) is 8.62. The fourth-order valence-corrected chi connectivity index (χ4v) is 5.01. The minimum atomic E-state index is -0.567. The molecule has 3 N–H and O–H groups in total. The van der Waals surface area contributed by atoms with Gasteiger partial charge in [0.15, 0.2) is 17.9 Å². The Hall–Kier alpha value is -4.18. The number of halogens is 1. The van der Waals surface area contributed by atoms with Crippen LogP contribution in [0, 0.1) is 5.82 Å². The number of fused-ring (bicyclic) bond motifs is 1. The SMILES string of the molecule is CCc1cc(O)ccc1-c1ccc2c(-c3nc(/C=C/CNC(=O)OC(C)(C)C)c[nH]3)nn(C3CCCCO3)c2c1F. The number of phenolic OH excluding ortho intramolecular Hbond substituents is 1. The van der Waals surface area contributed by atoms with E-state index < -0.39 is 17.5 Å². The third-order valence-electron chi connectivity index (χ3n) is 6.87. The summed E-state index contributed by atoms with van der Waals surface area (Å²) in [4.78, 5) is 19.7. The number of aromatic nitrogens is 4. The predicted octanol–water partition coefficient (Wildman–Crippen LogP) is 6.74. The number of hydrogen-bond acceptors (Lipinski definition) is 6. The molecule has 1 aliphatic heterocycles. The summed E-state index contributed by atoms with van der Waals surface area (Å²) in [5, 5.41) is 18.1. The van der Waals surface area contributed by atoms with Crippen LogP contribution in [0.3, 0.4) is 0 Å². The average molecular weight is 562 g/mol. The number of nitrogens with zero attached hydrogens (tertiary/aromatic N) is 3. The van der Waals surface area contributed by atoms with E-state index in [2.05, 4.69) is 15.3 Å². The summed E-state index contributed by atoms with van der Waals surface area (Å²) >= 11 is 0. The molecule has 4 aromatic rings. The van der Waals surface area contributed by atoms with Crippen LogP contribution in [0.25, 0.3) is 39.6 Å². The fraction of sp³-hybridized carbons (Fsp3) is 0.387. The quantitative estimate of drug-likeness (QED) is 0.230. The lowest BCUT2D eigenvalue weighted by Gasteiger charge is -2.23. The van der Waals surface area contributed by atoms with Crippen LogP contribution in [-0.2, 0) is 15.9 Å². The number of nitrogens with one attached hydrogen (secondary N) is 2. The molecule has 0 aliphatic carbocycles. The highest BCUT2D eigenvalue weighted by atomic mass is 19.1. The molecule has 2 aromatic heterocycles. The molecule has 3 heterocycles. The van der Waals surface area contributed by atoms with Crippen LogP contribution in [-0.4, -0.2) is 49.7 Å². The smallest absolute Gasteiger partial charge is 0.407 e. The molecule has 2 aromatic carbocycles. The molecule has 1 saturated heterocycles. The van der Waals surface area contributed by atoms with Gasteiger partial charge in [0, 0.05) is 30.3 Å². The first kappa shape index (κ1) is 28.4. The van der Waals surface area contributed by atoms with Gasteiger partial charge in [-0.15, -0.1) is 0 Å². The van der Waals surface area contributed by atoms with Gasteiger partial charge in [0.2, 0.25) is 0 Å². The molecule has 41 heavy (non-hydrogen) atoms. The van der Waals surface area contributed by atoms with E-state index in [0.29, 0.717) is 46.7 Å². The fourth-order valence-electron chi connectivity index (χ4n) is 5.01. The lowest BCUT2D eigenvalue weighted by molar-refractivity contribution is -0.0368. The van der Waals surface area contributed by atoms with Gasteiger partial charge in [-0.3, -0.25) is 0 Å². The van der Waals surface area contributed by atoms with Crippen molar-refractivity contribution in [1.29, 1.82) is 0 Å². The standard InChI is InChI=1S/C31H36FN5O4/c1-5-19-17-21(38)11-12-22(19)23-13-14-24-27(36-37(28(24)26(23)32)25-10-6-7-16-40-25)29-34-18-20(35-29)9-8-15-33-30(39)41-31(2,3)4/h8-9,11-14,17-18,25,38H,5-7,10,15-16H2,1-4H3,(H,33,39)(H,34,35)/b9-8+. The Morgan fingerprint density at radius 1 is 1.27 bits per heavy atom. The topological polar surface area (TPSA) is 114 Å². The van der Waals surface area contributed by atoms with Gasteiger partial charge in [0.05, 0.1) is 5.69 Å². The van der Waals surface area contributed by atoms with Crippen LogP contribution in [0.5, 0.6) is 5.75 Å². The van der Waals surface area contributed by atoms with Crippen molar-refractivity contribution in [1.82, 2.24) is 25.1 Å². The lowest BCUT2D eigenvalue weighted by atomic mass is 9.96. The highest BCUT2D eigenvalue weighted by Gasteiger charge is 2.27. The van der Waals surface area contributed by atoms with Crippen LogP contribution in [0.1, 0.15) is 64.4 Å². The van der Waals surface area contributed by atoms with Gasteiger partial charge in [0.1, 0.15) is 22.6 Å². The van der Waals surface area contributed by atoms with E-state index in [1.165, 1.54) is 0 Å². The van der Waals surface area contributed by atoms with Gasteiger partial charge < -0.3 is 24.9 Å². The number of aromatic hydroxyl groups is 1. The van der Waals surface area contributed by atoms with E-state index in [9.17, 15) is 9.90 Å². The minimum Gasteiger partial charge on any atom is -0.508 e. The van der Waals surface area contributed by atoms with Crippen LogP contribution in [0.15, 0.2) is 42.6 Å². The zero-order chi connectivity index (χ0) is 29.1. The maximum Gasteiger partial charge on any atom is 0.407 e. The van der Waals surface area contributed by atoms with E-state index in [1.54, 1.807) is 47.3 Å². The molecule has 9 nitrogen and oxygen atoms in total. The zero-order valence-corrected chi connectivity index (χ0v) is 23.8. The predicted molar refractivity (Wildman–Crippen MR) is 156 cm³/mol. The summed E-state index contributed by atoms with van der Waals surface area (Å²) in [6.45, 7) is 8.26. The number of benzene rings is 2. The first-order valence-electron chi connectivity index (χ1n) is 14.0. The van der Waals surface area contributed by atoms with Crippen molar-refractivity contribution in [2.24, 2.45) is 0 Å². The van der Waals surface area contributed by atoms with Crippen molar-refractivity contribution < 1.29 is 23.8 Å². The van der Waals surface area contributed by atoms with Crippen molar-refractivity contribution in [2.75, 3.05) is 13.2 Å². The third-order valence-corrected chi connectivity index (χ3v) is 6.87. The highest BCUT2D eigenvalue weighted by molar-refractivity contribution is 5.95. The van der Waals surface area contributed by atoms with E-state index in [-0.39, 0.29) is 18.5 Å². The number of aromatic amines is 1. The molecule has 1 fully saturated rings. The second-order valence-electron chi connectivity index (χ2n) is 11.1. The van der Waals surface area contributed by atoms with Gasteiger partial charge in [0.25, 0.3) is 0 Å². The number of ether oxygens (including phenoxy) is 2. The van der Waals surface area contributed by atoms with Crippen LogP contribution in [0.2, 0.25) is 0 Å². The molecule has 0 spiro atoms. The summed E-state index contributed by atoms with van der Waals surface area (Å²) in [5.41, 5.74) is 2.97. The second kappa shape index (κ2) is 11.7. The zero-order valence-electron chi connectivity index (χ0n) is 23.8. The van der Waals surface area contributed by atoms with Gasteiger partial charge in [-0.2, -0.15) is 5.10 Å². The number of hydrogen-bond donors (Lipinski definition) is 3. The van der Waals surface area contributed by atoms with Crippen molar-refractivity contribution in [2.45, 2.75) is 65.2 Å². The molecule has 1 unspecified atom stereocenters. The average Bonchev–Trinajstić information content (AvgIpc) is 3.56. The molecular weight excluding hydrogens is 525 g/mol. The molecule has 10 heteroatoms.